The highest BCUT2D eigenvalue weighted by Gasteiger charge is 2.14. The van der Waals surface area contributed by atoms with Gasteiger partial charge in [-0.1, -0.05) is 29.8 Å². The van der Waals surface area contributed by atoms with Crippen LogP contribution in [0.2, 0.25) is 0 Å². The maximum absolute atomic E-state index is 4.43. The third-order valence-electron chi connectivity index (χ3n) is 3.48. The minimum Gasteiger partial charge on any atom is -0.306 e. The molecule has 0 radical (unpaired) electrons. The third kappa shape index (κ3) is 3.70. The van der Waals surface area contributed by atoms with Gasteiger partial charge in [0.1, 0.15) is 0 Å². The average Bonchev–Trinajstić information content (AvgIpc) is 2.84. The van der Waals surface area contributed by atoms with E-state index >= 15 is 0 Å². The molecule has 2 rings (SSSR count). The molecule has 0 saturated heterocycles. The molecule has 0 aliphatic heterocycles. The summed E-state index contributed by atoms with van der Waals surface area (Å²) in [5.74, 6) is 0. The lowest BCUT2D eigenvalue weighted by Gasteiger charge is -2.19. The standard InChI is InChI=1S/C17H25N3/c1-13-7-6-8-16(9-13)14(2)18-10-15-11-19-20(12-15)17(3,4)5/h6-9,11-12,14,18H,10H2,1-5H3/t14-/m1/s1. The largest absolute Gasteiger partial charge is 0.306 e. The zero-order chi connectivity index (χ0) is 14.8. The Kier molecular flexibility index (Phi) is 4.29. The number of benzene rings is 1. The summed E-state index contributed by atoms with van der Waals surface area (Å²) in [6.07, 6.45) is 4.07. The van der Waals surface area contributed by atoms with Crippen molar-refractivity contribution in [2.45, 2.75) is 52.7 Å². The second-order valence-corrected chi connectivity index (χ2v) is 6.48. The van der Waals surface area contributed by atoms with E-state index in [0.717, 1.165) is 6.54 Å². The molecule has 0 unspecified atom stereocenters. The number of aromatic nitrogens is 2. The number of nitrogens with zero attached hydrogens (tertiary/aromatic N) is 2. The molecule has 108 valence electrons. The van der Waals surface area contributed by atoms with Gasteiger partial charge in [-0.25, -0.2) is 0 Å². The molecule has 0 saturated carbocycles. The summed E-state index contributed by atoms with van der Waals surface area (Å²) >= 11 is 0. The number of rotatable bonds is 4. The molecule has 2 aromatic rings. The quantitative estimate of drug-likeness (QED) is 0.916. The Labute approximate surface area is 122 Å². The third-order valence-corrected chi connectivity index (χ3v) is 3.48. The minimum atomic E-state index is 0.0421. The molecule has 0 amide bonds. The lowest BCUT2D eigenvalue weighted by Crippen LogP contribution is -2.22. The predicted octanol–water partition coefficient (Wildman–Crippen LogP) is 3.80. The van der Waals surface area contributed by atoms with Gasteiger partial charge in [0.15, 0.2) is 0 Å². The van der Waals surface area contributed by atoms with E-state index in [0.29, 0.717) is 6.04 Å². The molecular formula is C17H25N3. The van der Waals surface area contributed by atoms with Crippen LogP contribution >= 0.6 is 0 Å². The maximum atomic E-state index is 4.43. The Bertz CT molecular complexity index is 564. The lowest BCUT2D eigenvalue weighted by molar-refractivity contribution is 0.355. The fourth-order valence-electron chi connectivity index (χ4n) is 2.15. The Hall–Kier alpha value is -1.61. The Morgan fingerprint density at radius 3 is 2.65 bits per heavy atom. The summed E-state index contributed by atoms with van der Waals surface area (Å²) in [4.78, 5) is 0. The first-order valence-corrected chi connectivity index (χ1v) is 7.20. The van der Waals surface area contributed by atoms with Crippen LogP contribution in [-0.4, -0.2) is 9.78 Å². The number of nitrogens with one attached hydrogen (secondary N) is 1. The number of hydrogen-bond acceptors (Lipinski definition) is 2. The molecular weight excluding hydrogens is 246 g/mol. The van der Waals surface area contributed by atoms with E-state index in [9.17, 15) is 0 Å². The second-order valence-electron chi connectivity index (χ2n) is 6.48. The van der Waals surface area contributed by atoms with Gasteiger partial charge in [0.05, 0.1) is 11.7 Å². The van der Waals surface area contributed by atoms with E-state index in [1.54, 1.807) is 0 Å². The first-order valence-electron chi connectivity index (χ1n) is 7.20. The molecule has 1 aromatic heterocycles. The van der Waals surface area contributed by atoms with Gasteiger partial charge in [0.2, 0.25) is 0 Å². The van der Waals surface area contributed by atoms with Crippen LogP contribution in [0.4, 0.5) is 0 Å². The monoisotopic (exact) mass is 271 g/mol. The van der Waals surface area contributed by atoms with Crippen molar-refractivity contribution in [1.29, 1.82) is 0 Å². The molecule has 1 atom stereocenters. The summed E-state index contributed by atoms with van der Waals surface area (Å²) in [6, 6.07) is 8.98. The molecule has 0 bridgehead atoms. The molecule has 0 fully saturated rings. The normalized spacial score (nSPS) is 13.4. The molecule has 3 heteroatoms. The van der Waals surface area contributed by atoms with Gasteiger partial charge in [0, 0.05) is 24.3 Å². The SMILES string of the molecule is Cc1cccc([C@@H](C)NCc2cnn(C(C)(C)C)c2)c1. The van der Waals surface area contributed by atoms with Crippen LogP contribution < -0.4 is 5.32 Å². The maximum Gasteiger partial charge on any atom is 0.0543 e. The number of hydrogen-bond donors (Lipinski definition) is 1. The van der Waals surface area contributed by atoms with Crippen LogP contribution in [0.5, 0.6) is 0 Å². The van der Waals surface area contributed by atoms with Gasteiger partial charge >= 0.3 is 0 Å². The van der Waals surface area contributed by atoms with Crippen molar-refractivity contribution in [1.82, 2.24) is 15.1 Å². The molecule has 0 aliphatic rings. The van der Waals surface area contributed by atoms with Crippen molar-refractivity contribution in [2.24, 2.45) is 0 Å². The lowest BCUT2D eigenvalue weighted by atomic mass is 10.1. The van der Waals surface area contributed by atoms with Crippen LogP contribution in [0.15, 0.2) is 36.7 Å². The van der Waals surface area contributed by atoms with Gasteiger partial charge < -0.3 is 5.32 Å². The second kappa shape index (κ2) is 5.80. The summed E-state index contributed by atoms with van der Waals surface area (Å²) in [5.41, 5.74) is 3.89. The van der Waals surface area contributed by atoms with Crippen LogP contribution in [0.1, 0.15) is 50.4 Å². The van der Waals surface area contributed by atoms with Crippen molar-refractivity contribution in [3.05, 3.63) is 53.3 Å². The summed E-state index contributed by atoms with van der Waals surface area (Å²) in [7, 11) is 0. The van der Waals surface area contributed by atoms with Gasteiger partial charge in [-0.2, -0.15) is 5.10 Å². The summed E-state index contributed by atoms with van der Waals surface area (Å²) < 4.78 is 2.02. The smallest absolute Gasteiger partial charge is 0.0543 e. The van der Waals surface area contributed by atoms with E-state index < -0.39 is 0 Å². The fraction of sp³-hybridized carbons (Fsp3) is 0.471. The Balaban J connectivity index is 1.97. The van der Waals surface area contributed by atoms with Gasteiger partial charge in [-0.05, 0) is 40.2 Å². The van der Waals surface area contributed by atoms with E-state index in [2.05, 4.69) is 75.5 Å². The predicted molar refractivity (Wildman–Crippen MR) is 83.7 cm³/mol. The topological polar surface area (TPSA) is 29.9 Å². The van der Waals surface area contributed by atoms with Crippen LogP contribution in [0.3, 0.4) is 0 Å². The average molecular weight is 271 g/mol. The van der Waals surface area contributed by atoms with Crippen molar-refractivity contribution in [3.63, 3.8) is 0 Å². The molecule has 3 nitrogen and oxygen atoms in total. The first-order chi connectivity index (χ1) is 9.36. The van der Waals surface area contributed by atoms with Gasteiger partial charge in [0.25, 0.3) is 0 Å². The van der Waals surface area contributed by atoms with E-state index in [1.165, 1.54) is 16.7 Å². The van der Waals surface area contributed by atoms with Gasteiger partial charge in [-0.3, -0.25) is 4.68 Å². The zero-order valence-corrected chi connectivity index (χ0v) is 13.1. The fourth-order valence-corrected chi connectivity index (χ4v) is 2.15. The summed E-state index contributed by atoms with van der Waals surface area (Å²) in [5, 5.41) is 7.98. The summed E-state index contributed by atoms with van der Waals surface area (Å²) in [6.45, 7) is 11.6. The van der Waals surface area contributed by atoms with Gasteiger partial charge in [-0.15, -0.1) is 0 Å². The Morgan fingerprint density at radius 1 is 1.30 bits per heavy atom. The zero-order valence-electron chi connectivity index (χ0n) is 13.1. The van der Waals surface area contributed by atoms with Crippen LogP contribution in [-0.2, 0) is 12.1 Å². The highest BCUT2D eigenvalue weighted by Crippen LogP contribution is 2.16. The van der Waals surface area contributed by atoms with Crippen molar-refractivity contribution < 1.29 is 0 Å². The van der Waals surface area contributed by atoms with Crippen LogP contribution in [0.25, 0.3) is 0 Å². The van der Waals surface area contributed by atoms with E-state index in [1.807, 2.05) is 10.9 Å². The van der Waals surface area contributed by atoms with Crippen LogP contribution in [0, 0.1) is 6.92 Å². The molecule has 1 aromatic carbocycles. The van der Waals surface area contributed by atoms with Crippen molar-refractivity contribution in [2.75, 3.05) is 0 Å². The Morgan fingerprint density at radius 2 is 2.05 bits per heavy atom. The molecule has 1 heterocycles. The minimum absolute atomic E-state index is 0.0421. The first kappa shape index (κ1) is 14.8. The van der Waals surface area contributed by atoms with Crippen molar-refractivity contribution in [3.8, 4) is 0 Å². The molecule has 20 heavy (non-hydrogen) atoms. The number of aryl methyl sites for hydroxylation is 1. The highest BCUT2D eigenvalue weighted by molar-refractivity contribution is 5.24. The molecule has 0 aliphatic carbocycles. The van der Waals surface area contributed by atoms with E-state index in [4.69, 9.17) is 0 Å². The van der Waals surface area contributed by atoms with E-state index in [-0.39, 0.29) is 5.54 Å². The highest BCUT2D eigenvalue weighted by atomic mass is 15.3. The molecule has 1 N–H and O–H groups in total. The van der Waals surface area contributed by atoms with Crippen molar-refractivity contribution >= 4 is 0 Å². The molecule has 0 spiro atoms.